The van der Waals surface area contributed by atoms with Crippen LogP contribution in [0, 0.1) is 0 Å². The molecule has 2 heterocycles. The topological polar surface area (TPSA) is 55.2 Å². The number of benzene rings is 1. The van der Waals surface area contributed by atoms with Crippen LogP contribution in [0.25, 0.3) is 10.2 Å². The SMILES string of the molecule is CCN(Cc1ccccc1)C(=O)C(C)Sc1nc2ccsc2c(=O)n1CC. The Bertz CT molecular complexity index is 982. The van der Waals surface area contributed by atoms with E-state index in [1.807, 2.05) is 67.4 Å². The average Bonchev–Trinajstić information content (AvgIpc) is 3.15. The van der Waals surface area contributed by atoms with E-state index in [0.29, 0.717) is 35.0 Å². The maximum Gasteiger partial charge on any atom is 0.272 e. The van der Waals surface area contributed by atoms with Gasteiger partial charge in [-0.3, -0.25) is 14.2 Å². The summed E-state index contributed by atoms with van der Waals surface area (Å²) >= 11 is 2.76. The summed E-state index contributed by atoms with van der Waals surface area (Å²) in [6.07, 6.45) is 0. The van der Waals surface area contributed by atoms with E-state index in [2.05, 4.69) is 4.98 Å². The average molecular weight is 402 g/mol. The number of hydrogen-bond acceptors (Lipinski definition) is 5. The van der Waals surface area contributed by atoms with E-state index in [9.17, 15) is 9.59 Å². The summed E-state index contributed by atoms with van der Waals surface area (Å²) in [7, 11) is 0. The van der Waals surface area contributed by atoms with E-state index >= 15 is 0 Å². The Morgan fingerprint density at radius 1 is 1.26 bits per heavy atom. The standard InChI is InChI=1S/C20H23N3O2S2/c1-4-22(13-15-9-7-6-8-10-15)18(24)14(3)27-20-21-16-11-12-26-17(16)19(25)23(20)5-2/h6-12,14H,4-5,13H2,1-3H3. The number of rotatable bonds is 7. The molecule has 0 aliphatic heterocycles. The highest BCUT2D eigenvalue weighted by atomic mass is 32.2. The molecule has 1 aromatic carbocycles. The Balaban J connectivity index is 1.81. The molecule has 0 radical (unpaired) electrons. The van der Waals surface area contributed by atoms with Gasteiger partial charge in [0.1, 0.15) is 4.70 Å². The molecule has 0 aliphatic rings. The van der Waals surface area contributed by atoms with Gasteiger partial charge >= 0.3 is 0 Å². The normalized spacial score (nSPS) is 12.3. The lowest BCUT2D eigenvalue weighted by Crippen LogP contribution is -2.36. The van der Waals surface area contributed by atoms with Gasteiger partial charge in [0.05, 0.1) is 10.8 Å². The first-order valence-corrected chi connectivity index (χ1v) is 10.8. The summed E-state index contributed by atoms with van der Waals surface area (Å²) < 4.78 is 2.32. The van der Waals surface area contributed by atoms with Crippen LogP contribution in [0.4, 0.5) is 0 Å². The molecule has 3 aromatic rings. The molecule has 0 spiro atoms. The lowest BCUT2D eigenvalue weighted by molar-refractivity contribution is -0.130. The maximum absolute atomic E-state index is 13.0. The molecule has 3 rings (SSSR count). The number of carbonyl (C=O) groups is 1. The molecule has 0 aliphatic carbocycles. The third-order valence-electron chi connectivity index (χ3n) is 4.39. The van der Waals surface area contributed by atoms with Crippen LogP contribution in [0.1, 0.15) is 26.3 Å². The van der Waals surface area contributed by atoms with E-state index < -0.39 is 0 Å². The molecular formula is C20H23N3O2S2. The van der Waals surface area contributed by atoms with Crippen molar-refractivity contribution in [2.45, 2.75) is 44.3 Å². The first-order valence-electron chi connectivity index (χ1n) is 9.02. The van der Waals surface area contributed by atoms with E-state index in [4.69, 9.17) is 0 Å². The van der Waals surface area contributed by atoms with Crippen LogP contribution < -0.4 is 5.56 Å². The molecule has 0 bridgehead atoms. The Hall–Kier alpha value is -2.12. The molecule has 0 saturated carbocycles. The van der Waals surface area contributed by atoms with Gasteiger partial charge in [0.15, 0.2) is 5.16 Å². The molecule has 142 valence electrons. The minimum Gasteiger partial charge on any atom is -0.338 e. The third-order valence-corrected chi connectivity index (χ3v) is 6.36. The van der Waals surface area contributed by atoms with Crippen LogP contribution in [0.5, 0.6) is 0 Å². The van der Waals surface area contributed by atoms with Crippen LogP contribution in [0.15, 0.2) is 51.7 Å². The number of carbonyl (C=O) groups excluding carboxylic acids is 1. The lowest BCUT2D eigenvalue weighted by atomic mass is 10.2. The summed E-state index contributed by atoms with van der Waals surface area (Å²) in [5.74, 6) is 0.0497. The zero-order chi connectivity index (χ0) is 19.4. The van der Waals surface area contributed by atoms with Gasteiger partial charge in [-0.15, -0.1) is 11.3 Å². The first-order chi connectivity index (χ1) is 13.0. The van der Waals surface area contributed by atoms with Crippen molar-refractivity contribution in [3.05, 3.63) is 57.7 Å². The van der Waals surface area contributed by atoms with Crippen LogP contribution in [-0.2, 0) is 17.9 Å². The Labute approximate surface area is 167 Å². The largest absolute Gasteiger partial charge is 0.338 e. The second-order valence-electron chi connectivity index (χ2n) is 6.18. The van der Waals surface area contributed by atoms with Crippen molar-refractivity contribution in [2.75, 3.05) is 6.54 Å². The molecule has 1 unspecified atom stereocenters. The van der Waals surface area contributed by atoms with Crippen LogP contribution >= 0.6 is 23.1 Å². The van der Waals surface area contributed by atoms with Gasteiger partial charge in [-0.05, 0) is 37.8 Å². The summed E-state index contributed by atoms with van der Waals surface area (Å²) in [6, 6.07) is 11.8. The number of nitrogens with zero attached hydrogens (tertiary/aromatic N) is 3. The Kier molecular flexibility index (Phi) is 6.34. The fourth-order valence-corrected chi connectivity index (χ4v) is 4.74. The molecule has 27 heavy (non-hydrogen) atoms. The monoisotopic (exact) mass is 401 g/mol. The van der Waals surface area contributed by atoms with E-state index in [1.165, 1.54) is 23.1 Å². The van der Waals surface area contributed by atoms with E-state index in [-0.39, 0.29) is 16.7 Å². The van der Waals surface area contributed by atoms with Crippen molar-refractivity contribution in [1.29, 1.82) is 0 Å². The predicted molar refractivity (Wildman–Crippen MR) is 112 cm³/mol. The van der Waals surface area contributed by atoms with Gasteiger partial charge in [0, 0.05) is 19.6 Å². The number of amides is 1. The second kappa shape index (κ2) is 8.71. The summed E-state index contributed by atoms with van der Waals surface area (Å²) in [6.45, 7) is 7.53. The minimum absolute atomic E-state index is 0.0312. The highest BCUT2D eigenvalue weighted by molar-refractivity contribution is 8.00. The summed E-state index contributed by atoms with van der Waals surface area (Å²) in [5, 5.41) is 2.15. The second-order valence-corrected chi connectivity index (χ2v) is 8.40. The minimum atomic E-state index is -0.325. The highest BCUT2D eigenvalue weighted by Gasteiger charge is 2.23. The molecule has 0 fully saturated rings. The van der Waals surface area contributed by atoms with Crippen molar-refractivity contribution in [3.63, 3.8) is 0 Å². The fourth-order valence-electron chi connectivity index (χ4n) is 2.91. The molecule has 1 amide bonds. The van der Waals surface area contributed by atoms with E-state index in [1.54, 1.807) is 4.57 Å². The Morgan fingerprint density at radius 2 is 2.00 bits per heavy atom. The predicted octanol–water partition coefficient (Wildman–Crippen LogP) is 4.01. The summed E-state index contributed by atoms with van der Waals surface area (Å²) in [4.78, 5) is 32.1. The molecule has 2 aromatic heterocycles. The lowest BCUT2D eigenvalue weighted by Gasteiger charge is -2.24. The number of hydrogen-bond donors (Lipinski definition) is 0. The summed E-state index contributed by atoms with van der Waals surface area (Å²) in [5.41, 5.74) is 1.78. The van der Waals surface area contributed by atoms with Crippen LogP contribution in [-0.4, -0.2) is 32.2 Å². The van der Waals surface area contributed by atoms with Crippen molar-refractivity contribution in [2.24, 2.45) is 0 Å². The fraction of sp³-hybridized carbons (Fsp3) is 0.350. The maximum atomic E-state index is 13.0. The van der Waals surface area contributed by atoms with Crippen molar-refractivity contribution >= 4 is 39.2 Å². The van der Waals surface area contributed by atoms with E-state index in [0.717, 1.165) is 5.56 Å². The van der Waals surface area contributed by atoms with Crippen LogP contribution in [0.2, 0.25) is 0 Å². The number of thioether (sulfide) groups is 1. The Morgan fingerprint density at radius 3 is 2.67 bits per heavy atom. The molecule has 0 N–H and O–H groups in total. The number of thiophene rings is 1. The van der Waals surface area contributed by atoms with Crippen LogP contribution in [0.3, 0.4) is 0 Å². The molecule has 5 nitrogen and oxygen atoms in total. The third kappa shape index (κ3) is 4.25. The zero-order valence-corrected chi connectivity index (χ0v) is 17.3. The van der Waals surface area contributed by atoms with Crippen molar-refractivity contribution in [1.82, 2.24) is 14.5 Å². The molecule has 1 atom stereocenters. The number of aromatic nitrogens is 2. The smallest absolute Gasteiger partial charge is 0.272 e. The van der Waals surface area contributed by atoms with Gasteiger partial charge in [0.25, 0.3) is 5.56 Å². The van der Waals surface area contributed by atoms with Gasteiger partial charge < -0.3 is 4.90 Å². The molecule has 0 saturated heterocycles. The van der Waals surface area contributed by atoms with Crippen molar-refractivity contribution < 1.29 is 4.79 Å². The van der Waals surface area contributed by atoms with Gasteiger partial charge in [0.2, 0.25) is 5.91 Å². The quantitative estimate of drug-likeness (QED) is 0.443. The van der Waals surface area contributed by atoms with Gasteiger partial charge in [-0.2, -0.15) is 0 Å². The molecular weight excluding hydrogens is 378 g/mol. The molecule has 7 heteroatoms. The zero-order valence-electron chi connectivity index (χ0n) is 15.7. The highest BCUT2D eigenvalue weighted by Crippen LogP contribution is 2.25. The number of fused-ring (bicyclic) bond motifs is 1. The first kappa shape index (κ1) is 19.6. The van der Waals surface area contributed by atoms with Crippen molar-refractivity contribution in [3.8, 4) is 0 Å². The van der Waals surface area contributed by atoms with Gasteiger partial charge in [-0.1, -0.05) is 42.1 Å². The van der Waals surface area contributed by atoms with Gasteiger partial charge in [-0.25, -0.2) is 4.98 Å².